The lowest BCUT2D eigenvalue weighted by Gasteiger charge is -2.18. The van der Waals surface area contributed by atoms with E-state index in [0.29, 0.717) is 19.3 Å². The summed E-state index contributed by atoms with van der Waals surface area (Å²) >= 11 is 0. The normalized spacial score (nSPS) is 12.4. The highest BCUT2D eigenvalue weighted by atomic mass is 16.6. The fraction of sp³-hybridized carbons (Fsp3) is 0.784. The van der Waals surface area contributed by atoms with Gasteiger partial charge in [0.2, 0.25) is 0 Å². The molecule has 0 aromatic carbocycles. The molecule has 0 aliphatic rings. The highest BCUT2D eigenvalue weighted by Gasteiger charge is 2.19. The zero-order valence-corrected chi connectivity index (χ0v) is 37.6. The summed E-state index contributed by atoms with van der Waals surface area (Å²) in [5.74, 6) is -0.905. The van der Waals surface area contributed by atoms with Gasteiger partial charge in [-0.3, -0.25) is 14.4 Å². The Kier molecular flexibility index (Phi) is 43.9. The Morgan fingerprint density at radius 1 is 0.368 bits per heavy atom. The lowest BCUT2D eigenvalue weighted by atomic mass is 10.0. The van der Waals surface area contributed by atoms with Crippen LogP contribution in [0.25, 0.3) is 0 Å². The molecule has 0 bridgehead atoms. The van der Waals surface area contributed by atoms with Crippen LogP contribution >= 0.6 is 0 Å². The van der Waals surface area contributed by atoms with Gasteiger partial charge in [-0.2, -0.15) is 0 Å². The van der Waals surface area contributed by atoms with E-state index in [1.165, 1.54) is 89.9 Å². The first-order valence-electron chi connectivity index (χ1n) is 24.1. The maximum atomic E-state index is 12.7. The van der Waals surface area contributed by atoms with Gasteiger partial charge in [-0.25, -0.2) is 0 Å². The van der Waals surface area contributed by atoms with E-state index < -0.39 is 6.10 Å². The Balaban J connectivity index is 4.40. The van der Waals surface area contributed by atoms with Gasteiger partial charge in [-0.1, -0.05) is 191 Å². The molecule has 0 rings (SSSR count). The molecule has 0 aliphatic carbocycles. The molecule has 0 saturated heterocycles. The summed E-state index contributed by atoms with van der Waals surface area (Å²) in [5, 5.41) is 0. The highest BCUT2D eigenvalue weighted by molar-refractivity contribution is 5.71. The van der Waals surface area contributed by atoms with Gasteiger partial charge in [-0.15, -0.1) is 0 Å². The van der Waals surface area contributed by atoms with Crippen LogP contribution < -0.4 is 0 Å². The summed E-state index contributed by atoms with van der Waals surface area (Å²) in [6, 6.07) is 0. The molecule has 0 heterocycles. The van der Waals surface area contributed by atoms with Crippen LogP contribution in [0.1, 0.15) is 239 Å². The lowest BCUT2D eigenvalue weighted by Crippen LogP contribution is -2.30. The van der Waals surface area contributed by atoms with Gasteiger partial charge in [-0.05, 0) is 77.0 Å². The van der Waals surface area contributed by atoms with E-state index in [0.717, 1.165) is 109 Å². The van der Waals surface area contributed by atoms with Crippen LogP contribution in [0.15, 0.2) is 48.6 Å². The highest BCUT2D eigenvalue weighted by Crippen LogP contribution is 2.14. The van der Waals surface area contributed by atoms with E-state index in [1.54, 1.807) is 0 Å². The maximum absolute atomic E-state index is 12.7. The summed E-state index contributed by atoms with van der Waals surface area (Å²) in [5.41, 5.74) is 0. The van der Waals surface area contributed by atoms with Crippen molar-refractivity contribution < 1.29 is 28.6 Å². The first-order valence-corrected chi connectivity index (χ1v) is 24.1. The van der Waals surface area contributed by atoms with Gasteiger partial charge in [0.15, 0.2) is 6.10 Å². The predicted molar refractivity (Wildman–Crippen MR) is 242 cm³/mol. The molecule has 6 nitrogen and oxygen atoms in total. The Bertz CT molecular complexity index is 1010. The van der Waals surface area contributed by atoms with E-state index in [9.17, 15) is 14.4 Å². The first-order chi connectivity index (χ1) is 28.0. The number of carbonyl (C=O) groups is 3. The zero-order valence-electron chi connectivity index (χ0n) is 37.6. The number of allylic oxidation sites excluding steroid dienone is 8. The van der Waals surface area contributed by atoms with Crippen molar-refractivity contribution in [3.63, 3.8) is 0 Å². The third-order valence-corrected chi connectivity index (χ3v) is 10.3. The average Bonchev–Trinajstić information content (AvgIpc) is 3.21. The second kappa shape index (κ2) is 46.1. The van der Waals surface area contributed by atoms with E-state index in [-0.39, 0.29) is 31.1 Å². The monoisotopic (exact) mass is 799 g/mol. The molecular formula is C51H90O6. The van der Waals surface area contributed by atoms with E-state index in [1.807, 2.05) is 0 Å². The predicted octanol–water partition coefficient (Wildman–Crippen LogP) is 15.5. The first kappa shape index (κ1) is 54.4. The van der Waals surface area contributed by atoms with Crippen molar-refractivity contribution in [1.82, 2.24) is 0 Å². The quantitative estimate of drug-likeness (QED) is 0.0265. The molecule has 0 amide bonds. The summed E-state index contributed by atoms with van der Waals surface area (Å²) in [7, 11) is 0. The summed E-state index contributed by atoms with van der Waals surface area (Å²) < 4.78 is 16.7. The molecular weight excluding hydrogens is 709 g/mol. The molecule has 0 aromatic heterocycles. The van der Waals surface area contributed by atoms with Gasteiger partial charge in [0.1, 0.15) is 13.2 Å². The van der Waals surface area contributed by atoms with Crippen molar-refractivity contribution in [1.29, 1.82) is 0 Å². The van der Waals surface area contributed by atoms with Crippen molar-refractivity contribution >= 4 is 17.9 Å². The molecule has 0 saturated carbocycles. The van der Waals surface area contributed by atoms with Gasteiger partial charge < -0.3 is 14.2 Å². The van der Waals surface area contributed by atoms with Crippen molar-refractivity contribution in [3.8, 4) is 0 Å². The SMILES string of the molecule is CC/C=C\C/C=C\C/C=C\CCCCCCCC(=O)OCC(COC(=O)CCCCCCCCCCCCCC)OC(=O)CCCCCCC/C=C\CCCCC. The fourth-order valence-electron chi connectivity index (χ4n) is 6.69. The standard InChI is InChI=1S/C51H90O6/c1-4-7-10-13-16-19-22-25-26-27-30-32-35-38-41-44-50(53)56-47-48(57-51(54)45-42-39-36-33-29-24-21-18-15-12-9-6-3)46-55-49(52)43-40-37-34-31-28-23-20-17-14-11-8-5-2/h7,10,16,18-19,21,25-26,48H,4-6,8-9,11-15,17,20,22-24,27-47H2,1-3H3/b10-7-,19-16-,21-18-,26-25-. The minimum Gasteiger partial charge on any atom is -0.462 e. The van der Waals surface area contributed by atoms with Crippen molar-refractivity contribution in [2.24, 2.45) is 0 Å². The maximum Gasteiger partial charge on any atom is 0.306 e. The van der Waals surface area contributed by atoms with Crippen LogP contribution in [0, 0.1) is 0 Å². The molecule has 0 aromatic rings. The van der Waals surface area contributed by atoms with E-state index >= 15 is 0 Å². The summed E-state index contributed by atoms with van der Waals surface area (Å²) in [6.45, 7) is 6.48. The molecule has 1 unspecified atom stereocenters. The van der Waals surface area contributed by atoms with Gasteiger partial charge in [0.05, 0.1) is 0 Å². The molecule has 0 N–H and O–H groups in total. The lowest BCUT2D eigenvalue weighted by molar-refractivity contribution is -0.167. The van der Waals surface area contributed by atoms with Gasteiger partial charge in [0, 0.05) is 19.3 Å². The minimum absolute atomic E-state index is 0.0803. The van der Waals surface area contributed by atoms with Gasteiger partial charge in [0.25, 0.3) is 0 Å². The number of unbranched alkanes of at least 4 members (excludes halogenated alkanes) is 24. The van der Waals surface area contributed by atoms with Crippen LogP contribution in [0.5, 0.6) is 0 Å². The van der Waals surface area contributed by atoms with Crippen LogP contribution in [-0.4, -0.2) is 37.2 Å². The average molecular weight is 799 g/mol. The van der Waals surface area contributed by atoms with Crippen LogP contribution in [-0.2, 0) is 28.6 Å². The molecule has 0 spiro atoms. The third-order valence-electron chi connectivity index (χ3n) is 10.3. The van der Waals surface area contributed by atoms with Crippen molar-refractivity contribution in [2.75, 3.05) is 13.2 Å². The van der Waals surface area contributed by atoms with Crippen molar-refractivity contribution in [3.05, 3.63) is 48.6 Å². The van der Waals surface area contributed by atoms with Gasteiger partial charge >= 0.3 is 17.9 Å². The number of rotatable bonds is 43. The molecule has 57 heavy (non-hydrogen) atoms. The fourth-order valence-corrected chi connectivity index (χ4v) is 6.69. The van der Waals surface area contributed by atoms with Crippen LogP contribution in [0.3, 0.4) is 0 Å². The Hall–Kier alpha value is -2.63. The molecule has 0 fully saturated rings. The molecule has 1 atom stereocenters. The Morgan fingerprint density at radius 2 is 0.684 bits per heavy atom. The molecule has 330 valence electrons. The topological polar surface area (TPSA) is 78.9 Å². The van der Waals surface area contributed by atoms with Crippen molar-refractivity contribution in [2.45, 2.75) is 245 Å². The Labute approximate surface area is 352 Å². The second-order valence-electron chi connectivity index (χ2n) is 16.0. The Morgan fingerprint density at radius 3 is 1.12 bits per heavy atom. The zero-order chi connectivity index (χ0) is 41.5. The van der Waals surface area contributed by atoms with E-state index in [4.69, 9.17) is 14.2 Å². The molecule has 0 radical (unpaired) electrons. The number of carbonyl (C=O) groups excluding carboxylic acids is 3. The second-order valence-corrected chi connectivity index (χ2v) is 16.0. The van der Waals surface area contributed by atoms with E-state index in [2.05, 4.69) is 69.4 Å². The number of hydrogen-bond donors (Lipinski definition) is 0. The molecule has 0 aliphatic heterocycles. The smallest absolute Gasteiger partial charge is 0.306 e. The van der Waals surface area contributed by atoms with Crippen LogP contribution in [0.4, 0.5) is 0 Å². The summed E-state index contributed by atoms with van der Waals surface area (Å²) in [6.07, 6.45) is 53.7. The number of esters is 3. The number of ether oxygens (including phenoxy) is 3. The minimum atomic E-state index is -0.780. The summed E-state index contributed by atoms with van der Waals surface area (Å²) in [4.78, 5) is 37.8. The third kappa shape index (κ3) is 44.3. The largest absolute Gasteiger partial charge is 0.462 e. The van der Waals surface area contributed by atoms with Crippen LogP contribution in [0.2, 0.25) is 0 Å². The molecule has 6 heteroatoms. The number of hydrogen-bond acceptors (Lipinski definition) is 6.